The third kappa shape index (κ3) is 1.22. The number of hydrogen-bond acceptors (Lipinski definition) is 2. The van der Waals surface area contributed by atoms with Crippen LogP contribution >= 0.6 is 0 Å². The highest BCUT2D eigenvalue weighted by Crippen LogP contribution is 2.32. The molecule has 0 amide bonds. The molecule has 0 N–H and O–H groups in total. The molecular weight excluding hydrogens is 174 g/mol. The standard InChI is InChI=1S/C12H15NO/c1-9-2-4-10(5-3-9)13-7-12-6-11(13)8-14-12/h2-5,11-12H,6-8H2,1H3/t11-,12-/m1/s1. The normalized spacial score (nSPS) is 29.9. The summed E-state index contributed by atoms with van der Waals surface area (Å²) < 4.78 is 5.59. The molecule has 3 rings (SSSR count). The fourth-order valence-corrected chi connectivity index (χ4v) is 2.45. The molecule has 0 radical (unpaired) electrons. The van der Waals surface area contributed by atoms with Crippen LogP contribution in [0.15, 0.2) is 24.3 Å². The van der Waals surface area contributed by atoms with Crippen LogP contribution in [0.3, 0.4) is 0 Å². The van der Waals surface area contributed by atoms with Crippen molar-refractivity contribution in [2.75, 3.05) is 18.1 Å². The molecule has 74 valence electrons. The van der Waals surface area contributed by atoms with Gasteiger partial charge in [-0.2, -0.15) is 0 Å². The second-order valence-electron chi connectivity index (χ2n) is 4.33. The highest BCUT2D eigenvalue weighted by Gasteiger charge is 2.38. The van der Waals surface area contributed by atoms with Gasteiger partial charge in [0.15, 0.2) is 0 Å². The van der Waals surface area contributed by atoms with E-state index in [1.807, 2.05) is 0 Å². The van der Waals surface area contributed by atoms with Crippen LogP contribution < -0.4 is 4.90 Å². The van der Waals surface area contributed by atoms with Crippen LogP contribution in [-0.4, -0.2) is 25.3 Å². The molecule has 2 aliphatic heterocycles. The maximum absolute atomic E-state index is 5.59. The Morgan fingerprint density at radius 1 is 1.29 bits per heavy atom. The van der Waals surface area contributed by atoms with Crippen LogP contribution in [0.2, 0.25) is 0 Å². The second kappa shape index (κ2) is 2.99. The largest absolute Gasteiger partial charge is 0.374 e. The van der Waals surface area contributed by atoms with Crippen LogP contribution in [0.4, 0.5) is 5.69 Å². The summed E-state index contributed by atoms with van der Waals surface area (Å²) in [7, 11) is 0. The van der Waals surface area contributed by atoms with Gasteiger partial charge in [0.05, 0.1) is 18.8 Å². The summed E-state index contributed by atoms with van der Waals surface area (Å²) in [5.41, 5.74) is 2.68. The highest BCUT2D eigenvalue weighted by atomic mass is 16.5. The van der Waals surface area contributed by atoms with Crippen LogP contribution in [0.5, 0.6) is 0 Å². The number of morpholine rings is 1. The number of nitrogens with zero attached hydrogens (tertiary/aromatic N) is 1. The molecular formula is C12H15NO. The molecule has 0 aromatic heterocycles. The van der Waals surface area contributed by atoms with E-state index in [-0.39, 0.29) is 0 Å². The van der Waals surface area contributed by atoms with Crippen molar-refractivity contribution in [2.45, 2.75) is 25.5 Å². The van der Waals surface area contributed by atoms with E-state index in [9.17, 15) is 0 Å². The Morgan fingerprint density at radius 3 is 2.64 bits per heavy atom. The van der Waals surface area contributed by atoms with Crippen molar-refractivity contribution in [3.05, 3.63) is 29.8 Å². The first-order valence-corrected chi connectivity index (χ1v) is 5.28. The Hall–Kier alpha value is -1.02. The number of fused-ring (bicyclic) bond motifs is 2. The van der Waals surface area contributed by atoms with Crippen LogP contribution in [0.1, 0.15) is 12.0 Å². The lowest BCUT2D eigenvalue weighted by Gasteiger charge is -2.28. The van der Waals surface area contributed by atoms with Gasteiger partial charge in [-0.3, -0.25) is 0 Å². The molecule has 0 aliphatic carbocycles. The molecule has 2 fully saturated rings. The predicted molar refractivity (Wildman–Crippen MR) is 56.7 cm³/mol. The molecule has 0 spiro atoms. The van der Waals surface area contributed by atoms with Crippen molar-refractivity contribution >= 4 is 5.69 Å². The third-order valence-electron chi connectivity index (χ3n) is 3.27. The second-order valence-corrected chi connectivity index (χ2v) is 4.33. The monoisotopic (exact) mass is 189 g/mol. The van der Waals surface area contributed by atoms with Gasteiger partial charge in [0.1, 0.15) is 0 Å². The fraction of sp³-hybridized carbons (Fsp3) is 0.500. The molecule has 1 aromatic carbocycles. The van der Waals surface area contributed by atoms with Crippen molar-refractivity contribution in [3.8, 4) is 0 Å². The summed E-state index contributed by atoms with van der Waals surface area (Å²) in [6, 6.07) is 9.43. The SMILES string of the molecule is Cc1ccc(N2C[C@H]3C[C@@H]2CO3)cc1. The zero-order valence-corrected chi connectivity index (χ0v) is 8.44. The van der Waals surface area contributed by atoms with E-state index in [2.05, 4.69) is 36.1 Å². The Balaban J connectivity index is 1.86. The molecule has 2 aliphatic rings. The van der Waals surface area contributed by atoms with Gasteiger partial charge in [0, 0.05) is 12.2 Å². The van der Waals surface area contributed by atoms with Crippen LogP contribution in [-0.2, 0) is 4.74 Å². The van der Waals surface area contributed by atoms with Crippen molar-refractivity contribution < 1.29 is 4.74 Å². The topological polar surface area (TPSA) is 12.5 Å². The Bertz CT molecular complexity index is 333. The van der Waals surface area contributed by atoms with E-state index < -0.39 is 0 Å². The third-order valence-corrected chi connectivity index (χ3v) is 3.27. The van der Waals surface area contributed by atoms with E-state index in [0.29, 0.717) is 12.1 Å². The van der Waals surface area contributed by atoms with Crippen molar-refractivity contribution in [2.24, 2.45) is 0 Å². The number of ether oxygens (including phenoxy) is 1. The number of benzene rings is 1. The Kier molecular flexibility index (Phi) is 1.77. The lowest BCUT2D eigenvalue weighted by Crippen LogP contribution is -2.36. The number of aryl methyl sites for hydroxylation is 1. The smallest absolute Gasteiger partial charge is 0.0771 e. The first-order valence-electron chi connectivity index (χ1n) is 5.28. The summed E-state index contributed by atoms with van der Waals surface area (Å²) >= 11 is 0. The average molecular weight is 189 g/mol. The average Bonchev–Trinajstić information content (AvgIpc) is 2.80. The first kappa shape index (κ1) is 8.30. The number of hydrogen-bond donors (Lipinski definition) is 0. The Labute approximate surface area is 84.5 Å². The molecule has 0 unspecified atom stereocenters. The van der Waals surface area contributed by atoms with Gasteiger partial charge in [-0.15, -0.1) is 0 Å². The van der Waals surface area contributed by atoms with Gasteiger partial charge in [0.2, 0.25) is 0 Å². The van der Waals surface area contributed by atoms with Gasteiger partial charge in [-0.05, 0) is 25.5 Å². The van der Waals surface area contributed by atoms with Gasteiger partial charge in [-0.1, -0.05) is 17.7 Å². The van der Waals surface area contributed by atoms with Crippen molar-refractivity contribution in [1.82, 2.24) is 0 Å². The molecule has 0 saturated carbocycles. The van der Waals surface area contributed by atoms with E-state index in [4.69, 9.17) is 4.74 Å². The Morgan fingerprint density at radius 2 is 2.07 bits per heavy atom. The molecule has 14 heavy (non-hydrogen) atoms. The van der Waals surface area contributed by atoms with E-state index in [1.54, 1.807) is 0 Å². The lowest BCUT2D eigenvalue weighted by atomic mass is 10.2. The molecule has 2 nitrogen and oxygen atoms in total. The van der Waals surface area contributed by atoms with E-state index in [1.165, 1.54) is 17.7 Å². The summed E-state index contributed by atoms with van der Waals surface area (Å²) in [5.74, 6) is 0. The lowest BCUT2D eigenvalue weighted by molar-refractivity contribution is 0.0991. The minimum Gasteiger partial charge on any atom is -0.374 e. The van der Waals surface area contributed by atoms with Crippen LogP contribution in [0.25, 0.3) is 0 Å². The maximum atomic E-state index is 5.59. The number of rotatable bonds is 1. The zero-order chi connectivity index (χ0) is 9.54. The van der Waals surface area contributed by atoms with Gasteiger partial charge in [0.25, 0.3) is 0 Å². The minimum atomic E-state index is 0.487. The van der Waals surface area contributed by atoms with Crippen LogP contribution in [0, 0.1) is 6.92 Å². The quantitative estimate of drug-likeness (QED) is 0.669. The summed E-state index contributed by atoms with van der Waals surface area (Å²) in [4.78, 5) is 2.48. The molecule has 2 bridgehead atoms. The maximum Gasteiger partial charge on any atom is 0.0771 e. The van der Waals surface area contributed by atoms with Gasteiger partial charge < -0.3 is 9.64 Å². The van der Waals surface area contributed by atoms with E-state index in [0.717, 1.165) is 13.2 Å². The summed E-state index contributed by atoms with van der Waals surface area (Å²) in [5, 5.41) is 0. The van der Waals surface area contributed by atoms with Gasteiger partial charge in [-0.25, -0.2) is 0 Å². The molecule has 2 heteroatoms. The minimum absolute atomic E-state index is 0.487. The zero-order valence-electron chi connectivity index (χ0n) is 8.44. The highest BCUT2D eigenvalue weighted by molar-refractivity contribution is 5.50. The number of anilines is 1. The molecule has 2 saturated heterocycles. The van der Waals surface area contributed by atoms with E-state index >= 15 is 0 Å². The molecule has 2 atom stereocenters. The molecule has 1 aromatic rings. The fourth-order valence-electron chi connectivity index (χ4n) is 2.45. The summed E-state index contributed by atoms with van der Waals surface area (Å²) in [6.45, 7) is 4.12. The van der Waals surface area contributed by atoms with Crippen molar-refractivity contribution in [3.63, 3.8) is 0 Å². The first-order chi connectivity index (χ1) is 6.83. The summed E-state index contributed by atoms with van der Waals surface area (Å²) in [6.07, 6.45) is 1.70. The molecule has 2 heterocycles. The predicted octanol–water partition coefficient (Wildman–Crippen LogP) is 1.97. The van der Waals surface area contributed by atoms with Gasteiger partial charge >= 0.3 is 0 Å². The van der Waals surface area contributed by atoms with Crippen molar-refractivity contribution in [1.29, 1.82) is 0 Å².